The number of nitrogens with one attached hydrogen (secondary N) is 1. The lowest BCUT2D eigenvalue weighted by Gasteiger charge is -2.26. The molecule has 2 N–H and O–H groups in total. The fourth-order valence-electron chi connectivity index (χ4n) is 2.65. The minimum absolute atomic E-state index is 0.0158. The fraction of sp³-hybridized carbons (Fsp3) is 0.529. The summed E-state index contributed by atoms with van der Waals surface area (Å²) >= 11 is 0. The summed E-state index contributed by atoms with van der Waals surface area (Å²) in [6.45, 7) is 1.99. The SMILES string of the molecule is O=C(CC(O)c1ccccc1)NCCC(=O)N1CCCCC1. The van der Waals surface area contributed by atoms with E-state index in [-0.39, 0.29) is 18.2 Å². The Bertz CT molecular complexity index is 484. The Kier molecular flexibility index (Phi) is 6.40. The van der Waals surface area contributed by atoms with Gasteiger partial charge in [0.25, 0.3) is 0 Å². The second kappa shape index (κ2) is 8.54. The van der Waals surface area contributed by atoms with Crippen molar-refractivity contribution in [3.8, 4) is 0 Å². The minimum Gasteiger partial charge on any atom is -0.388 e. The molecule has 22 heavy (non-hydrogen) atoms. The van der Waals surface area contributed by atoms with Crippen molar-refractivity contribution in [2.45, 2.75) is 38.2 Å². The van der Waals surface area contributed by atoms with Crippen molar-refractivity contribution in [2.75, 3.05) is 19.6 Å². The van der Waals surface area contributed by atoms with E-state index in [2.05, 4.69) is 5.32 Å². The van der Waals surface area contributed by atoms with Gasteiger partial charge in [-0.25, -0.2) is 0 Å². The number of amides is 2. The Hall–Kier alpha value is -1.88. The largest absolute Gasteiger partial charge is 0.388 e. The van der Waals surface area contributed by atoms with Gasteiger partial charge in [-0.2, -0.15) is 0 Å². The zero-order chi connectivity index (χ0) is 15.8. The van der Waals surface area contributed by atoms with E-state index in [0.717, 1.165) is 31.5 Å². The number of likely N-dealkylation sites (tertiary alicyclic amines) is 1. The molecule has 1 unspecified atom stereocenters. The first-order valence-corrected chi connectivity index (χ1v) is 7.94. The molecule has 1 aromatic carbocycles. The predicted octanol–water partition coefficient (Wildman–Crippen LogP) is 1.63. The van der Waals surface area contributed by atoms with Crippen LogP contribution in [-0.4, -0.2) is 41.5 Å². The second-order valence-corrected chi connectivity index (χ2v) is 5.67. The first-order valence-electron chi connectivity index (χ1n) is 7.94. The molecule has 1 fully saturated rings. The van der Waals surface area contributed by atoms with Crippen LogP contribution in [0.4, 0.5) is 0 Å². The molecule has 1 heterocycles. The van der Waals surface area contributed by atoms with Gasteiger partial charge >= 0.3 is 0 Å². The summed E-state index contributed by atoms with van der Waals surface area (Å²) in [5.41, 5.74) is 0.724. The fourth-order valence-corrected chi connectivity index (χ4v) is 2.65. The van der Waals surface area contributed by atoms with E-state index >= 15 is 0 Å². The van der Waals surface area contributed by atoms with Crippen LogP contribution in [0, 0.1) is 0 Å². The average Bonchev–Trinajstić information content (AvgIpc) is 2.56. The number of rotatable bonds is 6. The van der Waals surface area contributed by atoms with Gasteiger partial charge in [0.2, 0.25) is 11.8 Å². The molecule has 0 bridgehead atoms. The second-order valence-electron chi connectivity index (χ2n) is 5.67. The highest BCUT2D eigenvalue weighted by molar-refractivity contribution is 5.79. The maximum Gasteiger partial charge on any atom is 0.224 e. The number of carbonyl (C=O) groups is 2. The highest BCUT2D eigenvalue weighted by Gasteiger charge is 2.17. The summed E-state index contributed by atoms with van der Waals surface area (Å²) < 4.78 is 0. The number of carbonyl (C=O) groups excluding carboxylic acids is 2. The van der Waals surface area contributed by atoms with Crippen LogP contribution >= 0.6 is 0 Å². The van der Waals surface area contributed by atoms with E-state index in [0.29, 0.717) is 13.0 Å². The maximum atomic E-state index is 11.9. The number of aliphatic hydroxyl groups is 1. The Morgan fingerprint density at radius 3 is 2.50 bits per heavy atom. The molecule has 1 saturated heterocycles. The topological polar surface area (TPSA) is 69.6 Å². The molecule has 0 aromatic heterocycles. The highest BCUT2D eigenvalue weighted by Crippen LogP contribution is 2.15. The molecule has 2 rings (SSSR count). The average molecular weight is 304 g/mol. The zero-order valence-corrected chi connectivity index (χ0v) is 12.8. The first kappa shape index (κ1) is 16.5. The third kappa shape index (κ3) is 5.15. The monoisotopic (exact) mass is 304 g/mol. The van der Waals surface area contributed by atoms with Crippen LogP contribution in [0.15, 0.2) is 30.3 Å². The van der Waals surface area contributed by atoms with Gasteiger partial charge in [0.1, 0.15) is 0 Å². The molecule has 0 saturated carbocycles. The van der Waals surface area contributed by atoms with E-state index in [4.69, 9.17) is 0 Å². The summed E-state index contributed by atoms with van der Waals surface area (Å²) in [6.07, 6.45) is 2.87. The summed E-state index contributed by atoms with van der Waals surface area (Å²) in [4.78, 5) is 25.6. The molecule has 1 aliphatic heterocycles. The molecule has 120 valence electrons. The van der Waals surface area contributed by atoms with Crippen molar-refractivity contribution in [3.63, 3.8) is 0 Å². The van der Waals surface area contributed by atoms with Crippen molar-refractivity contribution >= 4 is 11.8 Å². The normalized spacial score (nSPS) is 16.1. The lowest BCUT2D eigenvalue weighted by atomic mass is 10.1. The van der Waals surface area contributed by atoms with E-state index in [1.165, 1.54) is 6.42 Å². The number of hydrogen-bond acceptors (Lipinski definition) is 3. The molecule has 0 radical (unpaired) electrons. The summed E-state index contributed by atoms with van der Waals surface area (Å²) in [7, 11) is 0. The van der Waals surface area contributed by atoms with Gasteiger partial charge in [0.05, 0.1) is 12.5 Å². The molecule has 5 heteroatoms. The van der Waals surface area contributed by atoms with Gasteiger partial charge in [-0.1, -0.05) is 30.3 Å². The third-order valence-corrected chi connectivity index (χ3v) is 3.93. The Morgan fingerprint density at radius 1 is 1.14 bits per heavy atom. The van der Waals surface area contributed by atoms with Crippen molar-refractivity contribution < 1.29 is 14.7 Å². The number of nitrogens with zero attached hydrogens (tertiary/aromatic N) is 1. The standard InChI is InChI=1S/C17H24N2O3/c20-15(14-7-3-1-4-8-14)13-16(21)18-10-9-17(22)19-11-5-2-6-12-19/h1,3-4,7-8,15,20H,2,5-6,9-13H2,(H,18,21). The van der Waals surface area contributed by atoms with Gasteiger partial charge in [-0.05, 0) is 24.8 Å². The molecule has 5 nitrogen and oxygen atoms in total. The molecule has 1 atom stereocenters. The van der Waals surface area contributed by atoms with Gasteiger partial charge in [-0.15, -0.1) is 0 Å². The maximum absolute atomic E-state index is 11.9. The van der Waals surface area contributed by atoms with Crippen molar-refractivity contribution in [1.29, 1.82) is 0 Å². The van der Waals surface area contributed by atoms with E-state index < -0.39 is 6.10 Å². The summed E-state index contributed by atoms with van der Waals surface area (Å²) in [6, 6.07) is 9.10. The lowest BCUT2D eigenvalue weighted by molar-refractivity contribution is -0.132. The number of benzene rings is 1. The predicted molar refractivity (Wildman–Crippen MR) is 84.1 cm³/mol. The zero-order valence-electron chi connectivity index (χ0n) is 12.8. The minimum atomic E-state index is -0.806. The number of piperidine rings is 1. The lowest BCUT2D eigenvalue weighted by Crippen LogP contribution is -2.37. The summed E-state index contributed by atoms with van der Waals surface area (Å²) in [5.74, 6) is -0.133. The molecule has 1 aromatic rings. The van der Waals surface area contributed by atoms with Crippen LogP contribution in [0.5, 0.6) is 0 Å². The van der Waals surface area contributed by atoms with Crippen LogP contribution in [0.2, 0.25) is 0 Å². The number of aliphatic hydroxyl groups excluding tert-OH is 1. The summed E-state index contributed by atoms with van der Waals surface area (Å²) in [5, 5.41) is 12.7. The molecular formula is C17H24N2O3. The molecule has 2 amide bonds. The molecule has 0 spiro atoms. The quantitative estimate of drug-likeness (QED) is 0.839. The van der Waals surface area contributed by atoms with Gasteiger partial charge < -0.3 is 15.3 Å². The highest BCUT2D eigenvalue weighted by atomic mass is 16.3. The van der Waals surface area contributed by atoms with Gasteiger partial charge in [-0.3, -0.25) is 9.59 Å². The van der Waals surface area contributed by atoms with E-state index in [1.54, 1.807) is 12.1 Å². The van der Waals surface area contributed by atoms with Gasteiger partial charge in [0.15, 0.2) is 0 Å². The molecular weight excluding hydrogens is 280 g/mol. The van der Waals surface area contributed by atoms with Crippen LogP contribution in [0.25, 0.3) is 0 Å². The van der Waals surface area contributed by atoms with Crippen molar-refractivity contribution in [3.05, 3.63) is 35.9 Å². The van der Waals surface area contributed by atoms with Crippen LogP contribution in [0.1, 0.15) is 43.8 Å². The molecule has 0 aliphatic carbocycles. The van der Waals surface area contributed by atoms with Crippen LogP contribution in [-0.2, 0) is 9.59 Å². The Labute approximate surface area is 131 Å². The first-order chi connectivity index (χ1) is 10.7. The van der Waals surface area contributed by atoms with Crippen LogP contribution in [0.3, 0.4) is 0 Å². The Balaban J connectivity index is 1.66. The number of hydrogen-bond donors (Lipinski definition) is 2. The molecule has 1 aliphatic rings. The van der Waals surface area contributed by atoms with E-state index in [9.17, 15) is 14.7 Å². The van der Waals surface area contributed by atoms with E-state index in [1.807, 2.05) is 23.1 Å². The smallest absolute Gasteiger partial charge is 0.224 e. The van der Waals surface area contributed by atoms with Gasteiger partial charge in [0, 0.05) is 26.1 Å². The van der Waals surface area contributed by atoms with Crippen molar-refractivity contribution in [2.24, 2.45) is 0 Å². The Morgan fingerprint density at radius 2 is 1.82 bits per heavy atom. The van der Waals surface area contributed by atoms with Crippen LogP contribution < -0.4 is 5.32 Å². The van der Waals surface area contributed by atoms with Crippen molar-refractivity contribution in [1.82, 2.24) is 10.2 Å². The third-order valence-electron chi connectivity index (χ3n) is 3.93.